The monoisotopic (exact) mass is 533 g/mol. The molecule has 3 unspecified atom stereocenters. The molecule has 6 N–H and O–H groups in total. The van der Waals surface area contributed by atoms with Crippen molar-refractivity contribution in [1.29, 1.82) is 0 Å². The average Bonchev–Trinajstić information content (AvgIpc) is 3.09. The van der Waals surface area contributed by atoms with Crippen LogP contribution in [0.1, 0.15) is 13.2 Å². The molecule has 36 heavy (non-hydrogen) atoms. The van der Waals surface area contributed by atoms with Gasteiger partial charge in [0, 0.05) is 13.1 Å². The van der Waals surface area contributed by atoms with Gasteiger partial charge < -0.3 is 54.5 Å². The number of allylic oxidation sites excluding steroid dienone is 1. The van der Waals surface area contributed by atoms with Gasteiger partial charge in [0.25, 0.3) is 0 Å². The largest absolute Gasteiger partial charge is 0.746 e. The van der Waals surface area contributed by atoms with Crippen LogP contribution in [0.25, 0.3) is 0 Å². The summed E-state index contributed by atoms with van der Waals surface area (Å²) in [5.74, 6) is -0.522. The van der Waals surface area contributed by atoms with Crippen LogP contribution in [0.15, 0.2) is 41.2 Å². The highest BCUT2D eigenvalue weighted by molar-refractivity contribution is 7.46. The summed E-state index contributed by atoms with van der Waals surface area (Å²) in [5, 5.41) is 31.9. The number of carbonyl (C=O) groups excluding carboxylic acids is 1. The van der Waals surface area contributed by atoms with Gasteiger partial charge in [-0.3, -0.25) is 13.9 Å². The molecule has 0 saturated carbocycles. The fraction of sp³-hybridized carbons (Fsp3) is 0.526. The Balaban J connectivity index is 1.59. The first kappa shape index (κ1) is 27.8. The first-order chi connectivity index (χ1) is 17.0. The van der Waals surface area contributed by atoms with Crippen LogP contribution in [0, 0.1) is 0 Å². The quantitative estimate of drug-likeness (QED) is 0.151. The standard InChI is InChI=1S/C19H27N4O12P/c1-10(25)21-12-3-2-11(34-18(12)31-7-6-24)8-32-36(29,30)33-9-13-15(26)16(27)17(35-13)23-5-4-14(20)22-19(23)28/h2-5,8,12-13,15-18,24,26-27H,6-7,9H2,1H3,(H,21,25)(H,29,30)(H2,20,22,28)/p-1/b11-8-/t12-,13-,15+,16?,17-,18?/m1/s1. The molecule has 0 bridgehead atoms. The summed E-state index contributed by atoms with van der Waals surface area (Å²) in [7, 11) is -5.01. The van der Waals surface area contributed by atoms with E-state index in [1.807, 2.05) is 0 Å². The molecule has 1 fully saturated rings. The van der Waals surface area contributed by atoms with Crippen molar-refractivity contribution in [3.8, 4) is 0 Å². The molecular formula is C19H26N4O12P-. The Hall–Kier alpha value is -2.82. The highest BCUT2D eigenvalue weighted by atomic mass is 31.2. The van der Waals surface area contributed by atoms with Gasteiger partial charge in [0.1, 0.15) is 36.4 Å². The van der Waals surface area contributed by atoms with E-state index < -0.39 is 57.0 Å². The molecule has 1 aromatic rings. The summed E-state index contributed by atoms with van der Waals surface area (Å²) in [5.41, 5.74) is 4.57. The van der Waals surface area contributed by atoms with Crippen molar-refractivity contribution in [2.24, 2.45) is 0 Å². The summed E-state index contributed by atoms with van der Waals surface area (Å²) in [6.45, 7) is 0.109. The molecule has 3 rings (SSSR count). The third-order valence-corrected chi connectivity index (χ3v) is 5.74. The molecule has 16 nitrogen and oxygen atoms in total. The van der Waals surface area contributed by atoms with Crippen LogP contribution < -0.4 is 21.6 Å². The van der Waals surface area contributed by atoms with E-state index in [0.717, 1.165) is 4.57 Å². The zero-order valence-electron chi connectivity index (χ0n) is 18.9. The number of nitrogens with one attached hydrogen (secondary N) is 1. The average molecular weight is 533 g/mol. The van der Waals surface area contributed by atoms with Crippen LogP contribution in [-0.2, 0) is 32.6 Å². The summed E-state index contributed by atoms with van der Waals surface area (Å²) < 4.78 is 38.6. The van der Waals surface area contributed by atoms with E-state index in [2.05, 4.69) is 14.8 Å². The summed E-state index contributed by atoms with van der Waals surface area (Å²) in [6, 6.07) is 0.575. The molecule has 1 saturated heterocycles. The van der Waals surface area contributed by atoms with E-state index in [1.54, 1.807) is 0 Å². The van der Waals surface area contributed by atoms with Crippen molar-refractivity contribution < 1.29 is 52.8 Å². The van der Waals surface area contributed by atoms with E-state index in [9.17, 15) is 29.3 Å². The lowest BCUT2D eigenvalue weighted by molar-refractivity contribution is -0.224. The number of carbonyl (C=O) groups is 1. The van der Waals surface area contributed by atoms with Crippen molar-refractivity contribution in [3.05, 3.63) is 46.9 Å². The second-order valence-corrected chi connectivity index (χ2v) is 8.99. The second-order valence-electron chi connectivity index (χ2n) is 7.62. The van der Waals surface area contributed by atoms with E-state index in [4.69, 9.17) is 29.6 Å². The predicted molar refractivity (Wildman–Crippen MR) is 116 cm³/mol. The van der Waals surface area contributed by atoms with Crippen LogP contribution in [0.4, 0.5) is 5.82 Å². The highest BCUT2D eigenvalue weighted by Crippen LogP contribution is 2.41. The molecule has 1 aromatic heterocycles. The fourth-order valence-electron chi connectivity index (χ4n) is 3.29. The van der Waals surface area contributed by atoms with Crippen LogP contribution in [-0.4, -0.2) is 81.2 Å². The summed E-state index contributed by atoms with van der Waals surface area (Å²) >= 11 is 0. The number of phosphoric ester groups is 1. The zero-order valence-corrected chi connectivity index (χ0v) is 19.8. The maximum atomic E-state index is 12.2. The van der Waals surface area contributed by atoms with Crippen LogP contribution in [0.3, 0.4) is 0 Å². The maximum absolute atomic E-state index is 12.2. The van der Waals surface area contributed by atoms with Crippen LogP contribution >= 0.6 is 7.82 Å². The number of nitrogens with two attached hydrogens (primary N) is 1. The number of aliphatic hydroxyl groups is 3. The Morgan fingerprint density at radius 1 is 1.42 bits per heavy atom. The van der Waals surface area contributed by atoms with Gasteiger partial charge in [-0.1, -0.05) is 6.08 Å². The second kappa shape index (κ2) is 11.9. The Morgan fingerprint density at radius 2 is 2.17 bits per heavy atom. The van der Waals surface area contributed by atoms with Crippen molar-refractivity contribution in [2.45, 2.75) is 43.8 Å². The van der Waals surface area contributed by atoms with Gasteiger partial charge in [0.05, 0.1) is 19.8 Å². The first-order valence-electron chi connectivity index (χ1n) is 10.6. The number of nitrogen functional groups attached to an aromatic ring is 1. The molecule has 2 aliphatic rings. The lowest BCUT2D eigenvalue weighted by Gasteiger charge is -2.30. The molecule has 17 heteroatoms. The minimum Gasteiger partial charge on any atom is -0.746 e. The smallest absolute Gasteiger partial charge is 0.351 e. The summed E-state index contributed by atoms with van der Waals surface area (Å²) in [4.78, 5) is 39.0. The van der Waals surface area contributed by atoms with Gasteiger partial charge in [-0.25, -0.2) is 4.79 Å². The number of hydrogen-bond donors (Lipinski definition) is 5. The molecular weight excluding hydrogens is 507 g/mol. The minimum absolute atomic E-state index is 0.0589. The molecule has 0 spiro atoms. The number of ether oxygens (including phenoxy) is 3. The number of hydrogen-bond acceptors (Lipinski definition) is 14. The van der Waals surface area contributed by atoms with Crippen molar-refractivity contribution >= 4 is 19.5 Å². The minimum atomic E-state index is -5.01. The number of nitrogens with zero attached hydrogens (tertiary/aromatic N) is 2. The van der Waals surface area contributed by atoms with Crippen molar-refractivity contribution in [3.63, 3.8) is 0 Å². The third kappa shape index (κ3) is 7.11. The predicted octanol–water partition coefficient (Wildman–Crippen LogP) is -2.79. The molecule has 2 aliphatic heterocycles. The summed E-state index contributed by atoms with van der Waals surface area (Å²) in [6.07, 6.45) is -2.26. The SMILES string of the molecule is CC(=O)N[C@@H]1C=C/C(=C/OP(=O)([O-])OC[C@H]2O[C@@H](n3ccc(N)nc3=O)C(O)[C@H]2O)OC1OCCO. The van der Waals surface area contributed by atoms with E-state index in [1.165, 1.54) is 31.3 Å². The first-order valence-corrected chi connectivity index (χ1v) is 12.0. The molecule has 0 aromatic carbocycles. The Bertz CT molecular complexity index is 1090. The van der Waals surface area contributed by atoms with E-state index >= 15 is 0 Å². The lowest BCUT2D eigenvalue weighted by Crippen LogP contribution is -2.45. The highest BCUT2D eigenvalue weighted by Gasteiger charge is 2.44. The van der Waals surface area contributed by atoms with Crippen molar-refractivity contribution in [1.82, 2.24) is 14.9 Å². The Kier molecular flexibility index (Phi) is 9.21. The number of aromatic nitrogens is 2. The van der Waals surface area contributed by atoms with E-state index in [0.29, 0.717) is 6.26 Å². The number of aliphatic hydroxyl groups excluding tert-OH is 3. The fourth-order valence-corrected chi connectivity index (χ4v) is 3.91. The molecule has 0 radical (unpaired) electrons. The normalized spacial score (nSPS) is 30.5. The van der Waals surface area contributed by atoms with Crippen LogP contribution in [0.2, 0.25) is 0 Å². The number of anilines is 1. The Labute approximate surface area is 204 Å². The van der Waals surface area contributed by atoms with Gasteiger partial charge in [-0.2, -0.15) is 4.98 Å². The molecule has 200 valence electrons. The maximum Gasteiger partial charge on any atom is 0.351 e. The lowest BCUT2D eigenvalue weighted by atomic mass is 10.1. The number of phosphoric acid groups is 1. The number of rotatable bonds is 10. The molecule has 3 heterocycles. The molecule has 1 amide bonds. The molecule has 7 atom stereocenters. The zero-order chi connectivity index (χ0) is 26.5. The molecule has 0 aliphatic carbocycles. The van der Waals surface area contributed by atoms with E-state index in [-0.39, 0.29) is 30.7 Å². The Morgan fingerprint density at radius 3 is 2.83 bits per heavy atom. The van der Waals surface area contributed by atoms with Gasteiger partial charge in [0.15, 0.2) is 12.0 Å². The van der Waals surface area contributed by atoms with Gasteiger partial charge in [-0.15, -0.1) is 0 Å². The topological polar surface area (TPSA) is 237 Å². The van der Waals surface area contributed by atoms with Gasteiger partial charge in [0.2, 0.25) is 12.2 Å². The van der Waals surface area contributed by atoms with Gasteiger partial charge in [-0.05, 0) is 12.1 Å². The number of amides is 1. The van der Waals surface area contributed by atoms with Crippen molar-refractivity contribution in [2.75, 3.05) is 25.6 Å². The third-order valence-electron chi connectivity index (χ3n) is 4.91. The van der Waals surface area contributed by atoms with Crippen LogP contribution in [0.5, 0.6) is 0 Å². The van der Waals surface area contributed by atoms with Gasteiger partial charge >= 0.3 is 13.5 Å².